The smallest absolute Gasteiger partial charge is 0.261 e. The monoisotopic (exact) mass is 324 g/mol. The van der Waals surface area contributed by atoms with Gasteiger partial charge in [-0.25, -0.2) is 8.42 Å². The molecule has 6 heteroatoms. The van der Waals surface area contributed by atoms with E-state index in [0.717, 1.165) is 11.1 Å². The van der Waals surface area contributed by atoms with Gasteiger partial charge in [0.2, 0.25) is 0 Å². The molecule has 0 atom stereocenters. The molecular formula is C15H17ClN2O2S. The topological polar surface area (TPSA) is 58.2 Å². The number of sulfonamides is 1. The first-order chi connectivity index (χ1) is 9.92. The molecule has 2 N–H and O–H groups in total. The summed E-state index contributed by atoms with van der Waals surface area (Å²) >= 11 is 5.92. The number of hydrogen-bond donors (Lipinski definition) is 2. The van der Waals surface area contributed by atoms with Crippen LogP contribution in [0, 0.1) is 6.92 Å². The summed E-state index contributed by atoms with van der Waals surface area (Å²) in [6.45, 7) is 2.44. The van der Waals surface area contributed by atoms with Crippen LogP contribution in [0.25, 0.3) is 0 Å². The highest BCUT2D eigenvalue weighted by atomic mass is 35.5. The highest BCUT2D eigenvalue weighted by molar-refractivity contribution is 7.92. The zero-order valence-electron chi connectivity index (χ0n) is 11.9. The van der Waals surface area contributed by atoms with E-state index in [1.165, 1.54) is 0 Å². The Morgan fingerprint density at radius 2 is 1.90 bits per heavy atom. The molecule has 0 aliphatic carbocycles. The van der Waals surface area contributed by atoms with E-state index in [1.54, 1.807) is 36.4 Å². The van der Waals surface area contributed by atoms with Crippen LogP contribution < -0.4 is 10.0 Å². The normalized spacial score (nSPS) is 11.4. The van der Waals surface area contributed by atoms with Crippen LogP contribution in [0.5, 0.6) is 0 Å². The van der Waals surface area contributed by atoms with Crippen molar-refractivity contribution in [1.29, 1.82) is 0 Å². The van der Waals surface area contributed by atoms with E-state index < -0.39 is 10.0 Å². The maximum atomic E-state index is 12.4. The Morgan fingerprint density at radius 1 is 1.14 bits per heavy atom. The van der Waals surface area contributed by atoms with Gasteiger partial charge in [-0.05, 0) is 49.4 Å². The molecule has 112 valence electrons. The van der Waals surface area contributed by atoms with Gasteiger partial charge < -0.3 is 5.32 Å². The number of benzene rings is 2. The summed E-state index contributed by atoms with van der Waals surface area (Å²) in [6, 6.07) is 11.9. The van der Waals surface area contributed by atoms with Crippen LogP contribution in [-0.4, -0.2) is 15.5 Å². The van der Waals surface area contributed by atoms with Crippen LogP contribution in [0.3, 0.4) is 0 Å². The predicted octanol–water partition coefficient (Wildman–Crippen LogP) is 3.17. The molecule has 0 spiro atoms. The minimum absolute atomic E-state index is 0.231. The Labute approximate surface area is 130 Å². The Bertz CT molecular complexity index is 745. The molecule has 0 radical (unpaired) electrons. The van der Waals surface area contributed by atoms with Gasteiger partial charge in [0.15, 0.2) is 0 Å². The van der Waals surface area contributed by atoms with Gasteiger partial charge in [0.1, 0.15) is 0 Å². The molecule has 0 aromatic heterocycles. The van der Waals surface area contributed by atoms with Crippen molar-refractivity contribution in [3.63, 3.8) is 0 Å². The van der Waals surface area contributed by atoms with Gasteiger partial charge in [0, 0.05) is 11.6 Å². The zero-order chi connectivity index (χ0) is 15.5. The van der Waals surface area contributed by atoms with E-state index in [2.05, 4.69) is 10.0 Å². The van der Waals surface area contributed by atoms with E-state index in [9.17, 15) is 8.42 Å². The Kier molecular flexibility index (Phi) is 4.88. The molecule has 2 aromatic rings. The van der Waals surface area contributed by atoms with Crippen molar-refractivity contribution in [3.8, 4) is 0 Å². The maximum absolute atomic E-state index is 12.4. The van der Waals surface area contributed by atoms with Crippen molar-refractivity contribution >= 4 is 27.3 Å². The van der Waals surface area contributed by atoms with E-state index in [0.29, 0.717) is 17.3 Å². The fraction of sp³-hybridized carbons (Fsp3) is 0.200. The fourth-order valence-electron chi connectivity index (χ4n) is 1.93. The van der Waals surface area contributed by atoms with Crippen LogP contribution in [0.1, 0.15) is 11.1 Å². The molecule has 0 saturated heterocycles. The summed E-state index contributed by atoms with van der Waals surface area (Å²) < 4.78 is 27.5. The van der Waals surface area contributed by atoms with Crippen molar-refractivity contribution in [3.05, 3.63) is 58.6 Å². The van der Waals surface area contributed by atoms with Gasteiger partial charge >= 0.3 is 0 Å². The molecule has 2 aromatic carbocycles. The summed E-state index contributed by atoms with van der Waals surface area (Å²) in [4.78, 5) is 0.231. The summed E-state index contributed by atoms with van der Waals surface area (Å²) in [5, 5.41) is 3.48. The Hall–Kier alpha value is -1.56. The lowest BCUT2D eigenvalue weighted by atomic mass is 10.2. The maximum Gasteiger partial charge on any atom is 0.261 e. The Balaban J connectivity index is 2.34. The molecule has 0 bridgehead atoms. The summed E-state index contributed by atoms with van der Waals surface area (Å²) in [6.07, 6.45) is 0. The number of halogens is 1. The van der Waals surface area contributed by atoms with Crippen molar-refractivity contribution in [2.45, 2.75) is 18.4 Å². The largest absolute Gasteiger partial charge is 0.316 e. The first-order valence-corrected chi connectivity index (χ1v) is 8.31. The van der Waals surface area contributed by atoms with Crippen molar-refractivity contribution in [1.82, 2.24) is 5.32 Å². The molecule has 0 aliphatic rings. The zero-order valence-corrected chi connectivity index (χ0v) is 13.4. The number of aryl methyl sites for hydroxylation is 1. The van der Waals surface area contributed by atoms with E-state index in [1.807, 2.05) is 20.0 Å². The average Bonchev–Trinajstić information content (AvgIpc) is 2.43. The first-order valence-electron chi connectivity index (χ1n) is 6.45. The van der Waals surface area contributed by atoms with E-state index >= 15 is 0 Å². The number of nitrogens with one attached hydrogen (secondary N) is 2. The van der Waals surface area contributed by atoms with Gasteiger partial charge in [-0.3, -0.25) is 4.72 Å². The fourth-order valence-corrected chi connectivity index (χ4v) is 3.30. The molecule has 4 nitrogen and oxygen atoms in total. The minimum atomic E-state index is -3.63. The van der Waals surface area contributed by atoms with Crippen LogP contribution in [0.2, 0.25) is 5.02 Å². The van der Waals surface area contributed by atoms with E-state index in [-0.39, 0.29) is 4.90 Å². The second kappa shape index (κ2) is 6.47. The average molecular weight is 325 g/mol. The molecule has 0 amide bonds. The number of anilines is 1. The van der Waals surface area contributed by atoms with Gasteiger partial charge in [0.05, 0.1) is 10.6 Å². The lowest BCUT2D eigenvalue weighted by molar-refractivity contribution is 0.601. The van der Waals surface area contributed by atoms with Crippen LogP contribution in [-0.2, 0) is 16.6 Å². The standard InChI is InChI=1S/C15H17ClN2O2S/c1-11-6-7-13(16)9-15(11)18-21(19,20)14-5-3-4-12(8-14)10-17-2/h3-9,17-18H,10H2,1-2H3. The van der Waals surface area contributed by atoms with Gasteiger partial charge in [0.25, 0.3) is 10.0 Å². The molecule has 21 heavy (non-hydrogen) atoms. The third-order valence-electron chi connectivity index (χ3n) is 3.03. The van der Waals surface area contributed by atoms with Gasteiger partial charge in [-0.1, -0.05) is 29.8 Å². The predicted molar refractivity (Wildman–Crippen MR) is 86.2 cm³/mol. The number of hydrogen-bond acceptors (Lipinski definition) is 3. The summed E-state index contributed by atoms with van der Waals surface area (Å²) in [5.41, 5.74) is 2.21. The molecule has 0 aliphatic heterocycles. The van der Waals surface area contributed by atoms with E-state index in [4.69, 9.17) is 11.6 Å². The molecule has 0 unspecified atom stereocenters. The third kappa shape index (κ3) is 3.97. The summed E-state index contributed by atoms with van der Waals surface area (Å²) in [7, 11) is -1.82. The van der Waals surface area contributed by atoms with Crippen molar-refractivity contribution < 1.29 is 8.42 Å². The summed E-state index contributed by atoms with van der Waals surface area (Å²) in [5.74, 6) is 0. The van der Waals surface area contributed by atoms with Crippen LogP contribution in [0.15, 0.2) is 47.4 Å². The molecule has 0 saturated carbocycles. The quantitative estimate of drug-likeness (QED) is 0.888. The first kappa shape index (κ1) is 15.8. The SMILES string of the molecule is CNCc1cccc(S(=O)(=O)Nc2cc(Cl)ccc2C)c1. The molecule has 2 rings (SSSR count). The van der Waals surface area contributed by atoms with Gasteiger partial charge in [-0.2, -0.15) is 0 Å². The third-order valence-corrected chi connectivity index (χ3v) is 4.63. The Morgan fingerprint density at radius 3 is 2.62 bits per heavy atom. The highest BCUT2D eigenvalue weighted by Crippen LogP contribution is 2.23. The molecular weight excluding hydrogens is 308 g/mol. The van der Waals surface area contributed by atoms with Crippen molar-refractivity contribution in [2.75, 3.05) is 11.8 Å². The molecule has 0 heterocycles. The lowest BCUT2D eigenvalue weighted by Gasteiger charge is -2.12. The van der Waals surface area contributed by atoms with Crippen LogP contribution in [0.4, 0.5) is 5.69 Å². The van der Waals surface area contributed by atoms with Gasteiger partial charge in [-0.15, -0.1) is 0 Å². The minimum Gasteiger partial charge on any atom is -0.316 e. The van der Waals surface area contributed by atoms with Crippen molar-refractivity contribution in [2.24, 2.45) is 0 Å². The highest BCUT2D eigenvalue weighted by Gasteiger charge is 2.15. The number of rotatable bonds is 5. The second-order valence-electron chi connectivity index (χ2n) is 4.74. The lowest BCUT2D eigenvalue weighted by Crippen LogP contribution is -2.14. The second-order valence-corrected chi connectivity index (χ2v) is 6.86. The molecule has 0 fully saturated rings. The van der Waals surface area contributed by atoms with Crippen LogP contribution >= 0.6 is 11.6 Å².